The number of nitrogens with one attached hydrogen (secondary N) is 1. The normalized spacial score (nSPS) is 10.4. The molecule has 0 radical (unpaired) electrons. The van der Waals surface area contributed by atoms with E-state index in [1.54, 1.807) is 36.4 Å². The third kappa shape index (κ3) is 3.53. The second-order valence-electron chi connectivity index (χ2n) is 5.18. The second kappa shape index (κ2) is 6.95. The van der Waals surface area contributed by atoms with Gasteiger partial charge in [0.1, 0.15) is 0 Å². The van der Waals surface area contributed by atoms with Crippen LogP contribution < -0.4 is 5.32 Å². The lowest BCUT2D eigenvalue weighted by Gasteiger charge is -2.11. The molecule has 3 aromatic rings. The molecule has 0 aromatic heterocycles. The van der Waals surface area contributed by atoms with Gasteiger partial charge in [0.15, 0.2) is 0 Å². The van der Waals surface area contributed by atoms with Crippen LogP contribution in [0.15, 0.2) is 66.7 Å². The van der Waals surface area contributed by atoms with Gasteiger partial charge in [-0.1, -0.05) is 47.5 Å². The van der Waals surface area contributed by atoms with E-state index in [1.807, 2.05) is 30.3 Å². The van der Waals surface area contributed by atoms with E-state index in [9.17, 15) is 9.90 Å². The summed E-state index contributed by atoms with van der Waals surface area (Å²) < 4.78 is 0. The van der Waals surface area contributed by atoms with Crippen molar-refractivity contribution in [1.82, 2.24) is 0 Å². The fraction of sp³-hybridized carbons (Fsp3) is 0. The van der Waals surface area contributed by atoms with Gasteiger partial charge >= 0.3 is 5.97 Å². The Hall–Kier alpha value is -2.49. The Bertz CT molecular complexity index is 892. The summed E-state index contributed by atoms with van der Waals surface area (Å²) in [5, 5.41) is 13.6. The molecule has 120 valence electrons. The molecular weight excluding hydrogens is 345 g/mol. The Morgan fingerprint density at radius 3 is 2.33 bits per heavy atom. The van der Waals surface area contributed by atoms with Gasteiger partial charge in [-0.05, 0) is 48.0 Å². The first kappa shape index (κ1) is 16.4. The highest BCUT2D eigenvalue weighted by atomic mass is 35.5. The molecule has 3 aromatic carbocycles. The Kier molecular flexibility index (Phi) is 4.74. The van der Waals surface area contributed by atoms with Crippen LogP contribution in [-0.4, -0.2) is 11.1 Å². The smallest absolute Gasteiger partial charge is 0.337 e. The van der Waals surface area contributed by atoms with Crippen molar-refractivity contribution < 1.29 is 9.90 Å². The molecule has 0 atom stereocenters. The van der Waals surface area contributed by atoms with Crippen molar-refractivity contribution in [2.75, 3.05) is 5.32 Å². The van der Waals surface area contributed by atoms with Crippen LogP contribution in [0.4, 0.5) is 11.4 Å². The first-order valence-corrected chi connectivity index (χ1v) is 7.95. The largest absolute Gasteiger partial charge is 0.478 e. The summed E-state index contributed by atoms with van der Waals surface area (Å²) in [5.74, 6) is -0.972. The van der Waals surface area contributed by atoms with Gasteiger partial charge in [0.05, 0.1) is 11.3 Å². The number of hydrogen-bond donors (Lipinski definition) is 2. The number of halogens is 2. The van der Waals surface area contributed by atoms with E-state index in [0.29, 0.717) is 15.7 Å². The van der Waals surface area contributed by atoms with Gasteiger partial charge in [0, 0.05) is 21.3 Å². The first-order valence-electron chi connectivity index (χ1n) is 7.19. The molecule has 0 saturated heterocycles. The molecule has 0 amide bonds. The van der Waals surface area contributed by atoms with E-state index in [2.05, 4.69) is 5.32 Å². The monoisotopic (exact) mass is 357 g/mol. The number of carboxylic acid groups (broad SMARTS) is 1. The van der Waals surface area contributed by atoms with Crippen molar-refractivity contribution in [1.29, 1.82) is 0 Å². The molecule has 0 fully saturated rings. The van der Waals surface area contributed by atoms with Crippen LogP contribution >= 0.6 is 23.2 Å². The van der Waals surface area contributed by atoms with Gasteiger partial charge < -0.3 is 10.4 Å². The Morgan fingerprint density at radius 2 is 1.62 bits per heavy atom. The zero-order valence-electron chi connectivity index (χ0n) is 12.5. The van der Waals surface area contributed by atoms with Crippen molar-refractivity contribution in [3.05, 3.63) is 82.3 Å². The highest BCUT2D eigenvalue weighted by Gasteiger charge is 2.09. The molecule has 0 heterocycles. The Balaban J connectivity index is 1.88. The quantitative estimate of drug-likeness (QED) is 0.592. The van der Waals surface area contributed by atoms with Gasteiger partial charge in [-0.2, -0.15) is 0 Å². The number of benzene rings is 3. The van der Waals surface area contributed by atoms with Crippen LogP contribution in [0.2, 0.25) is 10.0 Å². The fourth-order valence-electron chi connectivity index (χ4n) is 2.39. The Morgan fingerprint density at radius 1 is 0.917 bits per heavy atom. The molecule has 3 nitrogen and oxygen atoms in total. The molecule has 0 aliphatic rings. The van der Waals surface area contributed by atoms with E-state index in [1.165, 1.54) is 0 Å². The van der Waals surface area contributed by atoms with Gasteiger partial charge in [0.25, 0.3) is 0 Å². The van der Waals surface area contributed by atoms with E-state index in [4.69, 9.17) is 23.2 Å². The van der Waals surface area contributed by atoms with Crippen LogP contribution in [0.5, 0.6) is 0 Å². The summed E-state index contributed by atoms with van der Waals surface area (Å²) in [6, 6.07) is 19.6. The molecule has 0 aliphatic carbocycles. The number of hydrogen-bond acceptors (Lipinski definition) is 2. The predicted octanol–water partition coefficient (Wildman–Crippen LogP) is 6.10. The van der Waals surface area contributed by atoms with Gasteiger partial charge in [0.2, 0.25) is 0 Å². The summed E-state index contributed by atoms with van der Waals surface area (Å²) in [6.45, 7) is 0. The minimum atomic E-state index is -0.972. The van der Waals surface area contributed by atoms with Crippen molar-refractivity contribution in [3.63, 3.8) is 0 Å². The topological polar surface area (TPSA) is 49.3 Å². The summed E-state index contributed by atoms with van der Waals surface area (Å²) in [5.41, 5.74) is 3.32. The predicted molar refractivity (Wildman–Crippen MR) is 98.6 cm³/mol. The maximum absolute atomic E-state index is 11.3. The molecule has 0 aliphatic heterocycles. The lowest BCUT2D eigenvalue weighted by atomic mass is 10.1. The highest BCUT2D eigenvalue weighted by Crippen LogP contribution is 2.31. The highest BCUT2D eigenvalue weighted by molar-refractivity contribution is 6.35. The number of anilines is 2. The van der Waals surface area contributed by atoms with Crippen LogP contribution in [0, 0.1) is 0 Å². The zero-order chi connectivity index (χ0) is 17.1. The SMILES string of the molecule is O=C(O)c1ccccc1Nc1ccc(-c2cc(Cl)ccc2Cl)cc1. The maximum Gasteiger partial charge on any atom is 0.337 e. The van der Waals surface area contributed by atoms with Crippen LogP contribution in [0.3, 0.4) is 0 Å². The molecule has 3 rings (SSSR count). The molecule has 0 spiro atoms. The van der Waals surface area contributed by atoms with E-state index < -0.39 is 5.97 Å². The summed E-state index contributed by atoms with van der Waals surface area (Å²) in [4.78, 5) is 11.3. The van der Waals surface area contributed by atoms with Crippen molar-refractivity contribution in [2.24, 2.45) is 0 Å². The average molecular weight is 358 g/mol. The minimum Gasteiger partial charge on any atom is -0.478 e. The Labute approximate surface area is 149 Å². The second-order valence-corrected chi connectivity index (χ2v) is 6.02. The third-order valence-electron chi connectivity index (χ3n) is 3.56. The molecular formula is C19H13Cl2NO2. The third-order valence-corrected chi connectivity index (χ3v) is 4.13. The summed E-state index contributed by atoms with van der Waals surface area (Å²) >= 11 is 12.2. The minimum absolute atomic E-state index is 0.222. The van der Waals surface area contributed by atoms with Crippen molar-refractivity contribution >= 4 is 40.5 Å². The molecule has 0 saturated carbocycles. The summed E-state index contributed by atoms with van der Waals surface area (Å²) in [6.07, 6.45) is 0. The lowest BCUT2D eigenvalue weighted by molar-refractivity contribution is 0.0698. The van der Waals surface area contributed by atoms with E-state index in [-0.39, 0.29) is 5.56 Å². The standard InChI is InChI=1S/C19H13Cl2NO2/c20-13-7-10-17(21)16(11-13)12-5-8-14(9-6-12)22-18-4-2-1-3-15(18)19(23)24/h1-11,22H,(H,23,24). The number of para-hydroxylation sites is 1. The molecule has 5 heteroatoms. The van der Waals surface area contributed by atoms with Crippen molar-refractivity contribution in [2.45, 2.75) is 0 Å². The zero-order valence-corrected chi connectivity index (χ0v) is 14.0. The van der Waals surface area contributed by atoms with Crippen molar-refractivity contribution in [3.8, 4) is 11.1 Å². The molecule has 0 bridgehead atoms. The number of carboxylic acids is 1. The molecule has 0 unspecified atom stereocenters. The van der Waals surface area contributed by atoms with Gasteiger partial charge in [-0.15, -0.1) is 0 Å². The van der Waals surface area contributed by atoms with Gasteiger partial charge in [-0.3, -0.25) is 0 Å². The summed E-state index contributed by atoms with van der Waals surface area (Å²) in [7, 11) is 0. The van der Waals surface area contributed by atoms with Crippen LogP contribution in [0.1, 0.15) is 10.4 Å². The number of aromatic carboxylic acids is 1. The molecule has 24 heavy (non-hydrogen) atoms. The van der Waals surface area contributed by atoms with E-state index >= 15 is 0 Å². The molecule has 2 N–H and O–H groups in total. The lowest BCUT2D eigenvalue weighted by Crippen LogP contribution is -2.02. The maximum atomic E-state index is 11.3. The van der Waals surface area contributed by atoms with Crippen LogP contribution in [-0.2, 0) is 0 Å². The van der Waals surface area contributed by atoms with Gasteiger partial charge in [-0.25, -0.2) is 4.79 Å². The number of carbonyl (C=O) groups is 1. The van der Waals surface area contributed by atoms with E-state index in [0.717, 1.165) is 16.8 Å². The first-order chi connectivity index (χ1) is 11.5. The fourth-order valence-corrected chi connectivity index (χ4v) is 2.78. The average Bonchev–Trinajstić information content (AvgIpc) is 2.58. The van der Waals surface area contributed by atoms with Crippen LogP contribution in [0.25, 0.3) is 11.1 Å². The number of rotatable bonds is 4.